The molecule has 1 aromatic carbocycles. The van der Waals surface area contributed by atoms with E-state index in [4.69, 9.17) is 5.73 Å². The summed E-state index contributed by atoms with van der Waals surface area (Å²) in [6.07, 6.45) is 2.57. The topological polar surface area (TPSA) is 70.9 Å². The number of rotatable bonds is 5. The minimum absolute atomic E-state index is 0.226. The summed E-state index contributed by atoms with van der Waals surface area (Å²) in [4.78, 5) is 14.7. The molecule has 0 spiro atoms. The Morgan fingerprint density at radius 2 is 2.16 bits per heavy atom. The molecule has 0 bridgehead atoms. The van der Waals surface area contributed by atoms with Gasteiger partial charge in [0.1, 0.15) is 0 Å². The van der Waals surface area contributed by atoms with E-state index in [9.17, 15) is 4.79 Å². The van der Waals surface area contributed by atoms with Crippen LogP contribution in [0.3, 0.4) is 0 Å². The first kappa shape index (κ1) is 13.6. The number of hydrogen-bond acceptors (Lipinski definition) is 2. The van der Waals surface area contributed by atoms with Gasteiger partial charge in [-0.1, -0.05) is 25.5 Å². The fraction of sp³-hybridized carbons (Fsp3) is 0.400. The molecule has 1 aromatic heterocycles. The van der Waals surface area contributed by atoms with Crippen molar-refractivity contribution in [1.29, 1.82) is 0 Å². The molecule has 0 saturated heterocycles. The van der Waals surface area contributed by atoms with Crippen LogP contribution in [0.1, 0.15) is 25.0 Å². The van der Waals surface area contributed by atoms with Gasteiger partial charge < -0.3 is 16.0 Å². The zero-order valence-corrected chi connectivity index (χ0v) is 11.7. The molecule has 0 aliphatic carbocycles. The lowest BCUT2D eigenvalue weighted by Crippen LogP contribution is -2.45. The third-order valence-electron chi connectivity index (χ3n) is 3.22. The molecule has 1 heterocycles. The molecule has 102 valence electrons. The number of benzene rings is 1. The van der Waals surface area contributed by atoms with E-state index in [1.807, 2.05) is 20.0 Å². The Hall–Kier alpha value is -1.81. The van der Waals surface area contributed by atoms with Crippen molar-refractivity contribution in [3.8, 4) is 0 Å². The van der Waals surface area contributed by atoms with Gasteiger partial charge in [0.2, 0.25) is 5.91 Å². The minimum Gasteiger partial charge on any atom is -0.368 e. The van der Waals surface area contributed by atoms with Crippen LogP contribution >= 0.6 is 0 Å². The number of carbonyl (C=O) groups excluding carboxylic acids is 1. The van der Waals surface area contributed by atoms with Crippen molar-refractivity contribution in [3.63, 3.8) is 0 Å². The fourth-order valence-corrected chi connectivity index (χ4v) is 2.33. The van der Waals surface area contributed by atoms with E-state index in [-0.39, 0.29) is 18.0 Å². The Balaban J connectivity index is 2.28. The molecule has 4 nitrogen and oxygen atoms in total. The minimum atomic E-state index is -0.334. The molecule has 1 atom stereocenters. The maximum atomic E-state index is 11.5. The van der Waals surface area contributed by atoms with Crippen molar-refractivity contribution < 1.29 is 4.79 Å². The number of hydrogen-bond donors (Lipinski definition) is 3. The largest absolute Gasteiger partial charge is 0.368 e. The van der Waals surface area contributed by atoms with Gasteiger partial charge in [-0.15, -0.1) is 0 Å². The van der Waals surface area contributed by atoms with Crippen LogP contribution in [0.5, 0.6) is 0 Å². The third kappa shape index (κ3) is 3.15. The first-order valence-electron chi connectivity index (χ1n) is 6.59. The van der Waals surface area contributed by atoms with Crippen molar-refractivity contribution in [2.75, 3.05) is 0 Å². The van der Waals surface area contributed by atoms with E-state index >= 15 is 0 Å². The molecule has 0 unspecified atom stereocenters. The summed E-state index contributed by atoms with van der Waals surface area (Å²) in [5.41, 5.74) is 8.89. The molecule has 19 heavy (non-hydrogen) atoms. The lowest BCUT2D eigenvalue weighted by Gasteiger charge is -2.17. The average molecular weight is 259 g/mol. The van der Waals surface area contributed by atoms with Crippen LogP contribution in [-0.2, 0) is 11.2 Å². The smallest absolute Gasteiger partial charge is 0.234 e. The van der Waals surface area contributed by atoms with Gasteiger partial charge in [0, 0.05) is 23.1 Å². The molecule has 1 amide bonds. The van der Waals surface area contributed by atoms with Crippen molar-refractivity contribution in [2.24, 2.45) is 5.73 Å². The SMILES string of the molecule is Cc1ccc2[nH]cc(C[C@H](NC(C)C)C(N)=O)c2c1. The Kier molecular flexibility index (Phi) is 3.90. The van der Waals surface area contributed by atoms with Gasteiger partial charge in [-0.3, -0.25) is 4.79 Å². The van der Waals surface area contributed by atoms with Crippen LogP contribution < -0.4 is 11.1 Å². The van der Waals surface area contributed by atoms with Crippen LogP contribution in [0.2, 0.25) is 0 Å². The number of H-pyrrole nitrogens is 1. The number of aromatic nitrogens is 1. The molecule has 4 heteroatoms. The highest BCUT2D eigenvalue weighted by atomic mass is 16.1. The summed E-state index contributed by atoms with van der Waals surface area (Å²) in [6.45, 7) is 6.08. The Morgan fingerprint density at radius 3 is 2.79 bits per heavy atom. The molecular weight excluding hydrogens is 238 g/mol. The molecule has 2 rings (SSSR count). The first-order chi connectivity index (χ1) is 8.97. The predicted molar refractivity (Wildman–Crippen MR) is 78.0 cm³/mol. The second-order valence-electron chi connectivity index (χ2n) is 5.34. The zero-order chi connectivity index (χ0) is 14.0. The van der Waals surface area contributed by atoms with Crippen molar-refractivity contribution in [1.82, 2.24) is 10.3 Å². The van der Waals surface area contributed by atoms with Crippen LogP contribution in [0, 0.1) is 6.92 Å². The second-order valence-corrected chi connectivity index (χ2v) is 5.34. The summed E-state index contributed by atoms with van der Waals surface area (Å²) < 4.78 is 0. The van der Waals surface area contributed by atoms with Gasteiger partial charge in [0.25, 0.3) is 0 Å². The zero-order valence-electron chi connectivity index (χ0n) is 11.7. The van der Waals surface area contributed by atoms with Gasteiger partial charge in [-0.05, 0) is 31.0 Å². The normalized spacial score (nSPS) is 13.1. The van der Waals surface area contributed by atoms with Gasteiger partial charge >= 0.3 is 0 Å². The number of aryl methyl sites for hydroxylation is 1. The van der Waals surface area contributed by atoms with Crippen LogP contribution in [-0.4, -0.2) is 23.0 Å². The summed E-state index contributed by atoms with van der Waals surface area (Å²) in [5, 5.41) is 4.37. The number of carbonyl (C=O) groups is 1. The molecule has 0 fully saturated rings. The third-order valence-corrected chi connectivity index (χ3v) is 3.22. The standard InChI is InChI=1S/C15H21N3O/c1-9(2)18-14(15(16)19)7-11-8-17-13-5-4-10(3)6-12(11)13/h4-6,8-9,14,17-18H,7H2,1-3H3,(H2,16,19)/t14-/m0/s1. The van der Waals surface area contributed by atoms with Crippen molar-refractivity contribution in [3.05, 3.63) is 35.5 Å². The van der Waals surface area contributed by atoms with Crippen LogP contribution in [0.15, 0.2) is 24.4 Å². The van der Waals surface area contributed by atoms with E-state index in [1.54, 1.807) is 0 Å². The van der Waals surface area contributed by atoms with Crippen molar-refractivity contribution in [2.45, 2.75) is 39.3 Å². The first-order valence-corrected chi connectivity index (χ1v) is 6.59. The van der Waals surface area contributed by atoms with E-state index in [0.717, 1.165) is 16.5 Å². The number of primary amides is 1. The average Bonchev–Trinajstić information content (AvgIpc) is 2.70. The fourth-order valence-electron chi connectivity index (χ4n) is 2.33. The quantitative estimate of drug-likeness (QED) is 0.767. The molecule has 0 aliphatic rings. The summed E-state index contributed by atoms with van der Waals surface area (Å²) in [7, 11) is 0. The number of aromatic amines is 1. The number of nitrogens with one attached hydrogen (secondary N) is 2. The molecule has 4 N–H and O–H groups in total. The Bertz CT molecular complexity index is 586. The van der Waals surface area contributed by atoms with E-state index in [0.29, 0.717) is 6.42 Å². The summed E-state index contributed by atoms with van der Waals surface area (Å²) in [5.74, 6) is -0.310. The summed E-state index contributed by atoms with van der Waals surface area (Å²) in [6, 6.07) is 6.15. The van der Waals surface area contributed by atoms with E-state index < -0.39 is 0 Å². The highest BCUT2D eigenvalue weighted by molar-refractivity contribution is 5.86. The van der Waals surface area contributed by atoms with E-state index in [2.05, 4.69) is 35.4 Å². The predicted octanol–water partition coefficient (Wildman–Crippen LogP) is 1.87. The van der Waals surface area contributed by atoms with Gasteiger partial charge in [-0.25, -0.2) is 0 Å². The molecule has 2 aromatic rings. The highest BCUT2D eigenvalue weighted by Gasteiger charge is 2.18. The van der Waals surface area contributed by atoms with Gasteiger partial charge in [-0.2, -0.15) is 0 Å². The number of nitrogens with two attached hydrogens (primary N) is 1. The van der Waals surface area contributed by atoms with Gasteiger partial charge in [0.15, 0.2) is 0 Å². The maximum Gasteiger partial charge on any atom is 0.234 e. The van der Waals surface area contributed by atoms with Gasteiger partial charge in [0.05, 0.1) is 6.04 Å². The monoisotopic (exact) mass is 259 g/mol. The van der Waals surface area contributed by atoms with E-state index in [1.165, 1.54) is 5.56 Å². The molecular formula is C15H21N3O. The molecule has 0 radical (unpaired) electrons. The number of fused-ring (bicyclic) bond motifs is 1. The number of amides is 1. The van der Waals surface area contributed by atoms with Crippen LogP contribution in [0.4, 0.5) is 0 Å². The lowest BCUT2D eigenvalue weighted by molar-refractivity contribution is -0.120. The lowest BCUT2D eigenvalue weighted by atomic mass is 10.0. The molecule has 0 saturated carbocycles. The molecule has 0 aliphatic heterocycles. The maximum absolute atomic E-state index is 11.5. The second kappa shape index (κ2) is 5.45. The highest BCUT2D eigenvalue weighted by Crippen LogP contribution is 2.21. The van der Waals surface area contributed by atoms with Crippen molar-refractivity contribution >= 4 is 16.8 Å². The Labute approximate surface area is 113 Å². The van der Waals surface area contributed by atoms with Crippen LogP contribution in [0.25, 0.3) is 10.9 Å². The Morgan fingerprint density at radius 1 is 1.42 bits per heavy atom. The summed E-state index contributed by atoms with van der Waals surface area (Å²) >= 11 is 0.